The average molecular weight is 634 g/mol. The minimum Gasteiger partial charge on any atom is -0.444 e. The number of epoxide rings is 1. The molecule has 46 heavy (non-hydrogen) atoms. The minimum atomic E-state index is -0.516. The van der Waals surface area contributed by atoms with Gasteiger partial charge in [-0.2, -0.15) is 0 Å². The predicted molar refractivity (Wildman–Crippen MR) is 183 cm³/mol. The van der Waals surface area contributed by atoms with Crippen molar-refractivity contribution in [2.24, 2.45) is 51.2 Å². The lowest BCUT2D eigenvalue weighted by molar-refractivity contribution is -0.221. The number of amides is 1. The molecule has 5 aliphatic carbocycles. The summed E-state index contributed by atoms with van der Waals surface area (Å²) >= 11 is 0. The molecule has 1 heterocycles. The monoisotopic (exact) mass is 633 g/mol. The van der Waals surface area contributed by atoms with E-state index in [-0.39, 0.29) is 44.7 Å². The third-order valence-corrected chi connectivity index (χ3v) is 15.6. The number of carbonyl (C=O) groups is 1. The molecular formula is C41H60FNO3. The van der Waals surface area contributed by atoms with Crippen LogP contribution in [0, 0.1) is 64.0 Å². The van der Waals surface area contributed by atoms with E-state index in [2.05, 4.69) is 59.0 Å². The van der Waals surface area contributed by atoms with Crippen LogP contribution in [0.1, 0.15) is 131 Å². The molecule has 1 N–H and O–H groups in total. The zero-order valence-corrected chi connectivity index (χ0v) is 30.4. The lowest BCUT2D eigenvalue weighted by Gasteiger charge is -2.72. The number of halogens is 1. The van der Waals surface area contributed by atoms with Gasteiger partial charge < -0.3 is 14.8 Å². The standard InChI is InChI=1S/C41H60FNO3/c1-25-11-12-26(23-30(25)42)27-15-18-37(7)31(36(27,5)6)17-19-39(9)32(37)14-13-28-33-29(40(10)24-45-40)16-20-41(33,22-21-38(28,39)8)43-34(44)46-35(2,3)4/h11-12,15,23,28-29,31-33H,13-14,16-22,24H2,1-10H3,(H,43,44)/t28-,29-,31+,32-,33+,37+,38-,39-,40?,41+/m1/s1. The molecular weight excluding hydrogens is 573 g/mol. The summed E-state index contributed by atoms with van der Waals surface area (Å²) in [5.41, 5.74) is 2.88. The molecule has 4 nitrogen and oxygen atoms in total. The Morgan fingerprint density at radius 3 is 2.28 bits per heavy atom. The maximum Gasteiger partial charge on any atom is 0.408 e. The second-order valence-electron chi connectivity index (χ2n) is 19.2. The van der Waals surface area contributed by atoms with Crippen LogP contribution < -0.4 is 5.32 Å². The van der Waals surface area contributed by atoms with E-state index >= 15 is 0 Å². The van der Waals surface area contributed by atoms with E-state index in [0.717, 1.165) is 44.3 Å². The van der Waals surface area contributed by atoms with Crippen molar-refractivity contribution >= 4 is 11.7 Å². The number of aryl methyl sites for hydroxylation is 1. The van der Waals surface area contributed by atoms with Gasteiger partial charge in [-0.05, 0) is 166 Å². The van der Waals surface area contributed by atoms with Crippen LogP contribution in [0.3, 0.4) is 0 Å². The molecule has 254 valence electrons. The van der Waals surface area contributed by atoms with Crippen LogP contribution in [-0.4, -0.2) is 29.4 Å². The second kappa shape index (κ2) is 10.1. The van der Waals surface area contributed by atoms with Crippen LogP contribution in [0.4, 0.5) is 9.18 Å². The van der Waals surface area contributed by atoms with Crippen LogP contribution in [0.15, 0.2) is 24.3 Å². The highest BCUT2D eigenvalue weighted by Gasteiger charge is 2.72. The fourth-order valence-electron chi connectivity index (χ4n) is 13.2. The normalized spacial score (nSPS) is 45.8. The molecule has 5 heteroatoms. The van der Waals surface area contributed by atoms with Gasteiger partial charge in [0.15, 0.2) is 0 Å². The summed E-state index contributed by atoms with van der Waals surface area (Å²) in [7, 11) is 0. The first-order valence-electron chi connectivity index (χ1n) is 18.4. The molecule has 0 spiro atoms. The maximum atomic E-state index is 14.8. The van der Waals surface area contributed by atoms with Gasteiger partial charge in [0.25, 0.3) is 0 Å². The van der Waals surface area contributed by atoms with Gasteiger partial charge in [-0.15, -0.1) is 0 Å². The van der Waals surface area contributed by atoms with Crippen molar-refractivity contribution in [1.29, 1.82) is 0 Å². The van der Waals surface area contributed by atoms with Gasteiger partial charge >= 0.3 is 6.09 Å². The minimum absolute atomic E-state index is 0.0265. The molecule has 6 aliphatic rings. The van der Waals surface area contributed by atoms with E-state index in [1.807, 2.05) is 33.8 Å². The lowest BCUT2D eigenvalue weighted by atomic mass is 9.33. The van der Waals surface area contributed by atoms with E-state index < -0.39 is 5.60 Å². The van der Waals surface area contributed by atoms with E-state index in [9.17, 15) is 9.18 Å². The fraction of sp³-hybridized carbons (Fsp3) is 0.780. The summed E-state index contributed by atoms with van der Waals surface area (Å²) in [6, 6.07) is 5.85. The first-order chi connectivity index (χ1) is 21.3. The quantitative estimate of drug-likeness (QED) is 0.337. The average Bonchev–Trinajstić information content (AvgIpc) is 3.57. The highest BCUT2D eigenvalue weighted by Crippen LogP contribution is 2.77. The number of allylic oxidation sites excluding steroid dienone is 2. The van der Waals surface area contributed by atoms with Gasteiger partial charge in [-0.1, -0.05) is 52.8 Å². The van der Waals surface area contributed by atoms with Gasteiger partial charge in [-0.3, -0.25) is 0 Å². The van der Waals surface area contributed by atoms with Crippen LogP contribution >= 0.6 is 0 Å². The van der Waals surface area contributed by atoms with Gasteiger partial charge in [0.1, 0.15) is 11.4 Å². The Labute approximate surface area is 278 Å². The fourth-order valence-corrected chi connectivity index (χ4v) is 13.2. The van der Waals surface area contributed by atoms with Gasteiger partial charge in [-0.25, -0.2) is 9.18 Å². The number of hydrogen-bond acceptors (Lipinski definition) is 3. The summed E-state index contributed by atoms with van der Waals surface area (Å²) in [6.45, 7) is 23.7. The first kappa shape index (κ1) is 32.7. The molecule has 7 rings (SSSR count). The summed E-state index contributed by atoms with van der Waals surface area (Å²) in [5, 5.41) is 3.56. The highest BCUT2D eigenvalue weighted by atomic mass is 19.1. The van der Waals surface area contributed by atoms with Crippen molar-refractivity contribution in [2.45, 2.75) is 144 Å². The number of carbonyl (C=O) groups excluding carboxylic acids is 1. The molecule has 0 aromatic heterocycles. The van der Waals surface area contributed by atoms with Crippen LogP contribution in [0.5, 0.6) is 0 Å². The Balaban J connectivity index is 1.23. The highest BCUT2D eigenvalue weighted by molar-refractivity contribution is 5.72. The predicted octanol–water partition coefficient (Wildman–Crippen LogP) is 10.3. The Bertz CT molecular complexity index is 1450. The molecule has 1 aromatic carbocycles. The van der Waals surface area contributed by atoms with Gasteiger partial charge in [0.2, 0.25) is 0 Å². The molecule has 0 radical (unpaired) electrons. The summed E-state index contributed by atoms with van der Waals surface area (Å²) in [5.74, 6) is 2.50. The van der Waals surface area contributed by atoms with Crippen molar-refractivity contribution in [1.82, 2.24) is 5.32 Å². The third-order valence-electron chi connectivity index (χ3n) is 15.6. The SMILES string of the molecule is Cc1ccc(C2=CC[C@]3(C)[C@H]4CC[C@@H]5[C@H]6[C@H](C7(C)CO7)CC[C@]6(NC(=O)OC(C)(C)C)CC[C@@]5(C)[C@]4(C)CC[C@H]3C2(C)C)cc1F. The van der Waals surface area contributed by atoms with Crippen molar-refractivity contribution in [3.63, 3.8) is 0 Å². The van der Waals surface area contributed by atoms with Crippen molar-refractivity contribution < 1.29 is 18.7 Å². The number of hydrogen-bond donors (Lipinski definition) is 1. The maximum absolute atomic E-state index is 14.8. The summed E-state index contributed by atoms with van der Waals surface area (Å²) in [4.78, 5) is 13.4. The molecule has 1 amide bonds. The number of rotatable bonds is 3. The number of nitrogens with one attached hydrogen (secondary N) is 1. The molecule has 4 saturated carbocycles. The third kappa shape index (κ3) is 4.55. The molecule has 0 bridgehead atoms. The summed E-state index contributed by atoms with van der Waals surface area (Å²) < 4.78 is 26.9. The second-order valence-corrected chi connectivity index (χ2v) is 19.2. The van der Waals surface area contributed by atoms with Crippen molar-refractivity contribution in [2.75, 3.05) is 6.61 Å². The Kier molecular flexibility index (Phi) is 7.16. The molecule has 1 aromatic rings. The zero-order valence-electron chi connectivity index (χ0n) is 30.4. The topological polar surface area (TPSA) is 50.9 Å². The Hall–Kier alpha value is -1.88. The number of fused-ring (bicyclic) bond motifs is 7. The largest absolute Gasteiger partial charge is 0.444 e. The van der Waals surface area contributed by atoms with Crippen LogP contribution in [-0.2, 0) is 9.47 Å². The van der Waals surface area contributed by atoms with Crippen LogP contribution in [0.25, 0.3) is 5.57 Å². The number of alkyl carbamates (subject to hydrolysis) is 1. The van der Waals surface area contributed by atoms with Crippen LogP contribution in [0.2, 0.25) is 0 Å². The van der Waals surface area contributed by atoms with Gasteiger partial charge in [0, 0.05) is 5.54 Å². The molecule has 5 fully saturated rings. The first-order valence-corrected chi connectivity index (χ1v) is 18.4. The van der Waals surface area contributed by atoms with E-state index in [0.29, 0.717) is 35.2 Å². The van der Waals surface area contributed by atoms with Crippen molar-refractivity contribution in [3.05, 3.63) is 41.2 Å². The van der Waals surface area contributed by atoms with E-state index in [1.165, 1.54) is 31.3 Å². The Morgan fingerprint density at radius 2 is 1.63 bits per heavy atom. The number of benzene rings is 1. The zero-order chi connectivity index (χ0) is 33.3. The van der Waals surface area contributed by atoms with E-state index in [1.54, 1.807) is 6.07 Å². The lowest BCUT2D eigenvalue weighted by Crippen LogP contribution is -2.68. The molecule has 1 saturated heterocycles. The van der Waals surface area contributed by atoms with E-state index in [4.69, 9.17) is 9.47 Å². The molecule has 1 aliphatic heterocycles. The number of ether oxygens (including phenoxy) is 2. The van der Waals surface area contributed by atoms with Gasteiger partial charge in [0.05, 0.1) is 12.2 Å². The summed E-state index contributed by atoms with van der Waals surface area (Å²) in [6.07, 6.45) is 12.5. The molecule has 10 atom stereocenters. The molecule has 1 unspecified atom stereocenters. The van der Waals surface area contributed by atoms with Crippen molar-refractivity contribution in [3.8, 4) is 0 Å². The smallest absolute Gasteiger partial charge is 0.408 e. The Morgan fingerprint density at radius 1 is 0.913 bits per heavy atom.